The largest absolute Gasteiger partial charge is 0.312 e. The Morgan fingerprint density at radius 1 is 1.24 bits per heavy atom. The molecule has 0 spiro atoms. The number of hydrogen-bond donors (Lipinski definition) is 1. The van der Waals surface area contributed by atoms with Crippen molar-refractivity contribution in [2.45, 2.75) is 71.4 Å². The molecule has 1 saturated heterocycles. The summed E-state index contributed by atoms with van der Waals surface area (Å²) in [6.45, 7) is 11.0. The molecule has 2 heteroatoms. The Kier molecular flexibility index (Phi) is 4.48. The van der Waals surface area contributed by atoms with Crippen molar-refractivity contribution in [3.8, 4) is 0 Å². The molecule has 0 aromatic rings. The smallest absolute Gasteiger partial charge is 0.0218 e. The molecule has 1 aliphatic carbocycles. The van der Waals surface area contributed by atoms with Gasteiger partial charge in [-0.15, -0.1) is 0 Å². The van der Waals surface area contributed by atoms with E-state index in [1.165, 1.54) is 58.2 Å². The van der Waals surface area contributed by atoms with Crippen LogP contribution in [0.5, 0.6) is 0 Å². The lowest BCUT2D eigenvalue weighted by atomic mass is 9.82. The van der Waals surface area contributed by atoms with E-state index in [1.807, 2.05) is 0 Å². The first kappa shape index (κ1) is 13.4. The van der Waals surface area contributed by atoms with E-state index in [1.54, 1.807) is 0 Å². The predicted octanol–water partition coefficient (Wildman–Crippen LogP) is 3.03. The van der Waals surface area contributed by atoms with Gasteiger partial charge in [0.15, 0.2) is 0 Å². The predicted molar refractivity (Wildman–Crippen MR) is 74.3 cm³/mol. The Morgan fingerprint density at radius 3 is 2.41 bits per heavy atom. The highest BCUT2D eigenvalue weighted by Crippen LogP contribution is 2.38. The topological polar surface area (TPSA) is 15.3 Å². The molecule has 1 unspecified atom stereocenters. The monoisotopic (exact) mass is 238 g/mol. The molecule has 17 heavy (non-hydrogen) atoms. The second-order valence-electron chi connectivity index (χ2n) is 6.17. The molecule has 100 valence electrons. The second kappa shape index (κ2) is 5.71. The first-order chi connectivity index (χ1) is 8.23. The first-order valence-electron chi connectivity index (χ1n) is 7.70. The fourth-order valence-electron chi connectivity index (χ4n) is 3.23. The summed E-state index contributed by atoms with van der Waals surface area (Å²) in [5.74, 6) is 0. The van der Waals surface area contributed by atoms with Crippen molar-refractivity contribution >= 4 is 0 Å². The third-order valence-corrected chi connectivity index (χ3v) is 5.17. The minimum Gasteiger partial charge on any atom is -0.312 e. The minimum atomic E-state index is 0.632. The number of hydrogen-bond acceptors (Lipinski definition) is 2. The van der Waals surface area contributed by atoms with E-state index in [0.717, 1.165) is 12.1 Å². The third kappa shape index (κ3) is 3.23. The van der Waals surface area contributed by atoms with Gasteiger partial charge in [0.1, 0.15) is 0 Å². The molecule has 1 heterocycles. The van der Waals surface area contributed by atoms with Crippen LogP contribution in [-0.2, 0) is 0 Å². The summed E-state index contributed by atoms with van der Waals surface area (Å²) in [5.41, 5.74) is 0.632. The van der Waals surface area contributed by atoms with Crippen LogP contribution in [0.3, 0.4) is 0 Å². The fraction of sp³-hybridized carbons (Fsp3) is 1.00. The summed E-state index contributed by atoms with van der Waals surface area (Å²) in [7, 11) is 0. The molecule has 2 fully saturated rings. The van der Waals surface area contributed by atoms with Gasteiger partial charge < -0.3 is 5.32 Å². The zero-order chi connectivity index (χ0) is 12.3. The lowest BCUT2D eigenvalue weighted by Crippen LogP contribution is -2.42. The SMILES string of the molecule is CCC(CNC1CC1)N1CCC(CC)(CC)C1. The van der Waals surface area contributed by atoms with Crippen molar-refractivity contribution in [3.63, 3.8) is 0 Å². The Morgan fingerprint density at radius 2 is 1.94 bits per heavy atom. The number of nitrogens with zero attached hydrogens (tertiary/aromatic N) is 1. The molecule has 0 aromatic heterocycles. The number of nitrogens with one attached hydrogen (secondary N) is 1. The van der Waals surface area contributed by atoms with E-state index < -0.39 is 0 Å². The van der Waals surface area contributed by atoms with Crippen LogP contribution in [0.4, 0.5) is 0 Å². The van der Waals surface area contributed by atoms with Crippen LogP contribution >= 0.6 is 0 Å². The van der Waals surface area contributed by atoms with Crippen LogP contribution in [0.25, 0.3) is 0 Å². The van der Waals surface area contributed by atoms with E-state index in [-0.39, 0.29) is 0 Å². The van der Waals surface area contributed by atoms with E-state index in [4.69, 9.17) is 0 Å². The lowest BCUT2D eigenvalue weighted by molar-refractivity contribution is 0.186. The highest BCUT2D eigenvalue weighted by molar-refractivity contribution is 4.92. The zero-order valence-corrected chi connectivity index (χ0v) is 12.0. The summed E-state index contributed by atoms with van der Waals surface area (Å²) in [6, 6.07) is 1.63. The Bertz CT molecular complexity index is 231. The van der Waals surface area contributed by atoms with Crippen molar-refractivity contribution < 1.29 is 0 Å². The maximum Gasteiger partial charge on any atom is 0.0218 e. The molecule has 2 aliphatic rings. The first-order valence-corrected chi connectivity index (χ1v) is 7.70. The van der Waals surface area contributed by atoms with E-state index in [2.05, 4.69) is 31.0 Å². The second-order valence-corrected chi connectivity index (χ2v) is 6.17. The molecular weight excluding hydrogens is 208 g/mol. The van der Waals surface area contributed by atoms with Gasteiger partial charge in [-0.05, 0) is 50.5 Å². The standard InChI is InChI=1S/C15H30N2/c1-4-14(11-16-13-7-8-13)17-10-9-15(5-2,6-3)12-17/h13-14,16H,4-12H2,1-3H3. The molecule has 2 nitrogen and oxygen atoms in total. The van der Waals surface area contributed by atoms with Gasteiger partial charge in [0.05, 0.1) is 0 Å². The quantitative estimate of drug-likeness (QED) is 0.733. The molecule has 2 rings (SSSR count). The van der Waals surface area contributed by atoms with E-state index in [9.17, 15) is 0 Å². The molecular formula is C15H30N2. The molecule has 0 aromatic carbocycles. The Labute approximate surface area is 107 Å². The average molecular weight is 238 g/mol. The van der Waals surface area contributed by atoms with Gasteiger partial charge in [-0.25, -0.2) is 0 Å². The minimum absolute atomic E-state index is 0.632. The van der Waals surface area contributed by atoms with Crippen LogP contribution in [0.1, 0.15) is 59.3 Å². The van der Waals surface area contributed by atoms with Gasteiger partial charge in [-0.2, -0.15) is 0 Å². The zero-order valence-electron chi connectivity index (χ0n) is 12.0. The van der Waals surface area contributed by atoms with Crippen LogP contribution < -0.4 is 5.32 Å². The van der Waals surface area contributed by atoms with Crippen molar-refractivity contribution in [2.75, 3.05) is 19.6 Å². The van der Waals surface area contributed by atoms with Gasteiger partial charge in [0.2, 0.25) is 0 Å². The van der Waals surface area contributed by atoms with Gasteiger partial charge in [0.25, 0.3) is 0 Å². The highest BCUT2D eigenvalue weighted by atomic mass is 15.2. The molecule has 1 aliphatic heterocycles. The van der Waals surface area contributed by atoms with Gasteiger partial charge in [-0.3, -0.25) is 4.90 Å². The Balaban J connectivity index is 1.83. The highest BCUT2D eigenvalue weighted by Gasteiger charge is 2.37. The van der Waals surface area contributed by atoms with Crippen LogP contribution in [0.2, 0.25) is 0 Å². The van der Waals surface area contributed by atoms with E-state index in [0.29, 0.717) is 5.41 Å². The summed E-state index contributed by atoms with van der Waals surface area (Å²) >= 11 is 0. The molecule has 0 bridgehead atoms. The maximum atomic E-state index is 3.71. The van der Waals surface area contributed by atoms with Crippen molar-refractivity contribution in [2.24, 2.45) is 5.41 Å². The van der Waals surface area contributed by atoms with Crippen LogP contribution in [0, 0.1) is 5.41 Å². The third-order valence-electron chi connectivity index (χ3n) is 5.17. The van der Waals surface area contributed by atoms with Gasteiger partial charge >= 0.3 is 0 Å². The molecule has 0 radical (unpaired) electrons. The van der Waals surface area contributed by atoms with Crippen molar-refractivity contribution in [3.05, 3.63) is 0 Å². The molecule has 1 atom stereocenters. The molecule has 1 N–H and O–H groups in total. The fourth-order valence-corrected chi connectivity index (χ4v) is 3.23. The number of rotatable bonds is 7. The van der Waals surface area contributed by atoms with Crippen LogP contribution in [0.15, 0.2) is 0 Å². The summed E-state index contributed by atoms with van der Waals surface area (Å²) in [6.07, 6.45) is 8.23. The Hall–Kier alpha value is -0.0800. The molecule has 0 amide bonds. The summed E-state index contributed by atoms with van der Waals surface area (Å²) in [4.78, 5) is 2.75. The average Bonchev–Trinajstić information content (AvgIpc) is 3.09. The molecule has 1 saturated carbocycles. The van der Waals surface area contributed by atoms with Gasteiger partial charge in [0, 0.05) is 25.2 Å². The van der Waals surface area contributed by atoms with E-state index >= 15 is 0 Å². The number of likely N-dealkylation sites (tertiary alicyclic amines) is 1. The van der Waals surface area contributed by atoms with Crippen LogP contribution in [-0.4, -0.2) is 36.6 Å². The lowest BCUT2D eigenvalue weighted by Gasteiger charge is -2.31. The summed E-state index contributed by atoms with van der Waals surface area (Å²) < 4.78 is 0. The maximum absolute atomic E-state index is 3.71. The van der Waals surface area contributed by atoms with Crippen molar-refractivity contribution in [1.82, 2.24) is 10.2 Å². The van der Waals surface area contributed by atoms with Crippen molar-refractivity contribution in [1.29, 1.82) is 0 Å². The summed E-state index contributed by atoms with van der Waals surface area (Å²) in [5, 5.41) is 3.71. The van der Waals surface area contributed by atoms with Gasteiger partial charge in [-0.1, -0.05) is 20.8 Å². The normalized spacial score (nSPS) is 26.3.